The molecule has 4 aromatic rings. The Labute approximate surface area is 239 Å². The second kappa shape index (κ2) is 13.7. The number of hydrogen-bond donors (Lipinski definition) is 4. The molecule has 2 aromatic heterocycles. The van der Waals surface area contributed by atoms with Gasteiger partial charge in [-0.2, -0.15) is 5.10 Å². The highest BCUT2D eigenvalue weighted by molar-refractivity contribution is 9.10. The number of hydrogen-bond acceptors (Lipinski definition) is 7. The summed E-state index contributed by atoms with van der Waals surface area (Å²) >= 11 is 3.45. The highest BCUT2D eigenvalue weighted by Crippen LogP contribution is 2.18. The van der Waals surface area contributed by atoms with Gasteiger partial charge in [0.1, 0.15) is 5.56 Å². The zero-order valence-corrected chi connectivity index (χ0v) is 23.4. The van der Waals surface area contributed by atoms with E-state index in [2.05, 4.69) is 42.1 Å². The topological polar surface area (TPSA) is 138 Å². The molecule has 0 spiro atoms. The molecule has 2 aromatic carbocycles. The summed E-state index contributed by atoms with van der Waals surface area (Å²) < 4.78 is 2.83. The molecule has 0 aliphatic carbocycles. The zero-order valence-electron chi connectivity index (χ0n) is 21.9. The lowest BCUT2D eigenvalue weighted by atomic mass is 10.0. The Morgan fingerprint density at radius 3 is 2.45 bits per heavy atom. The third-order valence-corrected chi connectivity index (χ3v) is 6.68. The van der Waals surface area contributed by atoms with Gasteiger partial charge in [-0.1, -0.05) is 34.1 Å². The Balaban J connectivity index is 1.68. The minimum Gasteiger partial charge on any atom is -0.395 e. The number of amides is 2. The van der Waals surface area contributed by atoms with E-state index in [1.807, 2.05) is 41.0 Å². The van der Waals surface area contributed by atoms with Crippen molar-refractivity contribution in [1.29, 1.82) is 0 Å². The average molecular weight is 605 g/mol. The standard InChI is InChI=1S/C29H29BrN6O4/c1-19(34-35-28(39)21-8-10-31-11-9-21)22-4-7-26-24(16-22)27(38)25(29(40)33-13-12-32-14-15-37)18-36(26)17-20-2-5-23(30)6-3-20/h2-11,16,18,32,37H,12-15,17H2,1H3,(H,33,40)(H,35,39)/b34-19+. The SMILES string of the molecule is C/C(=N\NC(=O)c1ccncc1)c1ccc2c(c1)c(=O)c(C(=O)NCCNCCO)cn2Cc1ccc(Br)cc1. The number of pyridine rings is 2. The van der Waals surface area contributed by atoms with Crippen molar-refractivity contribution in [3.05, 3.63) is 110 Å². The Kier molecular flexibility index (Phi) is 9.90. The first-order valence-corrected chi connectivity index (χ1v) is 13.4. The van der Waals surface area contributed by atoms with Crippen molar-refractivity contribution in [2.75, 3.05) is 26.2 Å². The third-order valence-electron chi connectivity index (χ3n) is 6.15. The zero-order chi connectivity index (χ0) is 28.5. The number of benzene rings is 2. The number of fused-ring (bicyclic) bond motifs is 1. The van der Waals surface area contributed by atoms with Gasteiger partial charge in [-0.25, -0.2) is 5.43 Å². The van der Waals surface area contributed by atoms with Crippen LogP contribution in [-0.2, 0) is 6.54 Å². The van der Waals surface area contributed by atoms with Gasteiger partial charge in [-0.15, -0.1) is 0 Å². The predicted octanol–water partition coefficient (Wildman–Crippen LogP) is 2.67. The van der Waals surface area contributed by atoms with E-state index in [1.54, 1.807) is 31.3 Å². The van der Waals surface area contributed by atoms with Crippen LogP contribution in [0.15, 0.2) is 87.6 Å². The second-order valence-corrected chi connectivity index (χ2v) is 9.88. The highest BCUT2D eigenvalue weighted by atomic mass is 79.9. The normalized spacial score (nSPS) is 11.4. The maximum absolute atomic E-state index is 13.5. The Bertz CT molecular complexity index is 1590. The summed E-state index contributed by atoms with van der Waals surface area (Å²) in [6.45, 7) is 3.33. The van der Waals surface area contributed by atoms with Gasteiger partial charge in [0.2, 0.25) is 5.43 Å². The van der Waals surface area contributed by atoms with Crippen LogP contribution in [0.2, 0.25) is 0 Å². The number of nitrogens with one attached hydrogen (secondary N) is 3. The minimum absolute atomic E-state index is 0.00213. The number of aromatic nitrogens is 2. The molecular weight excluding hydrogens is 576 g/mol. The smallest absolute Gasteiger partial charge is 0.271 e. The lowest BCUT2D eigenvalue weighted by Gasteiger charge is -2.15. The van der Waals surface area contributed by atoms with Gasteiger partial charge in [0.25, 0.3) is 11.8 Å². The number of hydrazone groups is 1. The van der Waals surface area contributed by atoms with E-state index in [1.165, 1.54) is 12.4 Å². The number of carbonyl (C=O) groups excluding carboxylic acids is 2. The third kappa shape index (κ3) is 7.26. The van der Waals surface area contributed by atoms with Gasteiger partial charge in [0.15, 0.2) is 0 Å². The molecule has 10 nitrogen and oxygen atoms in total. The molecule has 0 fully saturated rings. The molecule has 2 amide bonds. The molecule has 206 valence electrons. The molecule has 2 heterocycles. The van der Waals surface area contributed by atoms with E-state index in [0.717, 1.165) is 10.0 Å². The fourth-order valence-electron chi connectivity index (χ4n) is 4.03. The fraction of sp³-hybridized carbons (Fsp3) is 0.207. The first-order valence-electron chi connectivity index (χ1n) is 12.6. The van der Waals surface area contributed by atoms with Crippen LogP contribution in [0.3, 0.4) is 0 Å². The monoisotopic (exact) mass is 604 g/mol. The van der Waals surface area contributed by atoms with Crippen LogP contribution in [0.1, 0.15) is 38.8 Å². The molecule has 4 N–H and O–H groups in total. The Hall–Kier alpha value is -4.19. The largest absolute Gasteiger partial charge is 0.395 e. The lowest BCUT2D eigenvalue weighted by Crippen LogP contribution is -2.35. The Morgan fingerprint density at radius 2 is 1.73 bits per heavy atom. The molecule has 0 saturated carbocycles. The van der Waals surface area contributed by atoms with E-state index in [0.29, 0.717) is 53.9 Å². The molecule has 0 aliphatic rings. The fourth-order valence-corrected chi connectivity index (χ4v) is 4.30. The molecule has 4 rings (SSSR count). The van der Waals surface area contributed by atoms with Crippen molar-refractivity contribution in [1.82, 2.24) is 25.6 Å². The molecule has 11 heteroatoms. The van der Waals surface area contributed by atoms with Crippen LogP contribution in [0.4, 0.5) is 0 Å². The van der Waals surface area contributed by atoms with E-state index in [-0.39, 0.29) is 18.1 Å². The van der Waals surface area contributed by atoms with Crippen LogP contribution in [0, 0.1) is 0 Å². The number of aliphatic hydroxyl groups is 1. The molecule has 0 saturated heterocycles. The van der Waals surface area contributed by atoms with Crippen molar-refractivity contribution in [3.8, 4) is 0 Å². The van der Waals surface area contributed by atoms with Crippen molar-refractivity contribution >= 4 is 44.4 Å². The van der Waals surface area contributed by atoms with Crippen LogP contribution in [0.5, 0.6) is 0 Å². The summed E-state index contributed by atoms with van der Waals surface area (Å²) in [7, 11) is 0. The van der Waals surface area contributed by atoms with Crippen LogP contribution in [-0.4, -0.2) is 58.4 Å². The highest BCUT2D eigenvalue weighted by Gasteiger charge is 2.17. The predicted molar refractivity (Wildman–Crippen MR) is 158 cm³/mol. The van der Waals surface area contributed by atoms with Gasteiger partial charge in [0.05, 0.1) is 17.8 Å². The number of halogens is 1. The number of nitrogens with zero attached hydrogens (tertiary/aromatic N) is 3. The summed E-state index contributed by atoms with van der Waals surface area (Å²) in [5.41, 5.74) is 5.33. The lowest BCUT2D eigenvalue weighted by molar-refractivity contribution is 0.0945. The Morgan fingerprint density at radius 1 is 0.975 bits per heavy atom. The summed E-state index contributed by atoms with van der Waals surface area (Å²) in [4.78, 5) is 42.9. The second-order valence-electron chi connectivity index (χ2n) is 8.96. The van der Waals surface area contributed by atoms with Crippen molar-refractivity contribution in [3.63, 3.8) is 0 Å². The molecule has 0 atom stereocenters. The van der Waals surface area contributed by atoms with Gasteiger partial charge in [-0.3, -0.25) is 19.4 Å². The summed E-state index contributed by atoms with van der Waals surface area (Å²) in [6.07, 6.45) is 4.62. The van der Waals surface area contributed by atoms with E-state index < -0.39 is 11.3 Å². The quantitative estimate of drug-likeness (QED) is 0.118. The molecular formula is C29H29BrN6O4. The first kappa shape index (κ1) is 28.8. The van der Waals surface area contributed by atoms with Gasteiger partial charge in [-0.05, 0) is 54.4 Å². The van der Waals surface area contributed by atoms with Gasteiger partial charge in [0, 0.05) is 60.2 Å². The first-order chi connectivity index (χ1) is 19.4. The van der Waals surface area contributed by atoms with Gasteiger partial charge < -0.3 is 20.3 Å². The van der Waals surface area contributed by atoms with E-state index >= 15 is 0 Å². The maximum atomic E-state index is 13.5. The molecule has 0 aliphatic heterocycles. The average Bonchev–Trinajstić information content (AvgIpc) is 2.98. The van der Waals surface area contributed by atoms with Gasteiger partial charge >= 0.3 is 0 Å². The molecule has 40 heavy (non-hydrogen) atoms. The minimum atomic E-state index is -0.484. The van der Waals surface area contributed by atoms with Crippen molar-refractivity contribution in [2.24, 2.45) is 5.10 Å². The van der Waals surface area contributed by atoms with Crippen LogP contribution < -0.4 is 21.5 Å². The van der Waals surface area contributed by atoms with E-state index in [9.17, 15) is 14.4 Å². The molecule has 0 unspecified atom stereocenters. The van der Waals surface area contributed by atoms with Crippen LogP contribution in [0.25, 0.3) is 10.9 Å². The number of aliphatic hydroxyl groups excluding tert-OH is 1. The van der Waals surface area contributed by atoms with Crippen molar-refractivity contribution in [2.45, 2.75) is 13.5 Å². The number of rotatable bonds is 11. The summed E-state index contributed by atoms with van der Waals surface area (Å²) in [6, 6.07) is 16.3. The van der Waals surface area contributed by atoms with Crippen molar-refractivity contribution < 1.29 is 14.7 Å². The van der Waals surface area contributed by atoms with E-state index in [4.69, 9.17) is 5.11 Å². The summed E-state index contributed by atoms with van der Waals surface area (Å²) in [5, 5.41) is 19.2. The number of carbonyl (C=O) groups is 2. The summed E-state index contributed by atoms with van der Waals surface area (Å²) in [5.74, 6) is -0.866. The molecule has 0 bridgehead atoms. The maximum Gasteiger partial charge on any atom is 0.271 e. The molecule has 0 radical (unpaired) electrons. The van der Waals surface area contributed by atoms with Crippen LogP contribution >= 0.6 is 15.9 Å².